The fourth-order valence-corrected chi connectivity index (χ4v) is 2.51. The van der Waals surface area contributed by atoms with E-state index in [2.05, 4.69) is 12.2 Å². The first-order chi connectivity index (χ1) is 10.5. The molecule has 1 amide bonds. The van der Waals surface area contributed by atoms with Gasteiger partial charge >= 0.3 is 0 Å². The number of nitrogens with one attached hydrogen (secondary N) is 1. The average Bonchev–Trinajstić information content (AvgIpc) is 2.49. The molecule has 2 rings (SSSR count). The van der Waals surface area contributed by atoms with Gasteiger partial charge in [0.15, 0.2) is 6.54 Å². The zero-order chi connectivity index (χ0) is 16.1. The molecule has 0 aliphatic rings. The maximum Gasteiger partial charge on any atom is 0.279 e. The molecule has 4 heteroatoms. The summed E-state index contributed by atoms with van der Waals surface area (Å²) in [7, 11) is 0. The molecule has 0 fully saturated rings. The molecule has 0 unspecified atom stereocenters. The second-order valence-corrected chi connectivity index (χ2v) is 6.03. The van der Waals surface area contributed by atoms with E-state index < -0.39 is 0 Å². The minimum Gasteiger partial charge on any atom is -0.333 e. The molecule has 0 heterocycles. The molecule has 0 bridgehead atoms. The minimum absolute atomic E-state index is 0.0122. The number of anilines is 1. The van der Waals surface area contributed by atoms with E-state index >= 15 is 0 Å². The quantitative estimate of drug-likeness (QED) is 0.874. The maximum atomic E-state index is 12.1. The Balaban J connectivity index is 1.91. The number of rotatable bonds is 5. The first kappa shape index (κ1) is 16.5. The van der Waals surface area contributed by atoms with Crippen LogP contribution in [0.4, 0.5) is 5.69 Å². The van der Waals surface area contributed by atoms with Crippen LogP contribution in [0.5, 0.6) is 0 Å². The van der Waals surface area contributed by atoms with Gasteiger partial charge in [-0.2, -0.15) is 0 Å². The molecule has 0 saturated heterocycles. The van der Waals surface area contributed by atoms with E-state index in [0.29, 0.717) is 6.54 Å². The molecule has 22 heavy (non-hydrogen) atoms. The highest BCUT2D eigenvalue weighted by Crippen LogP contribution is 2.19. The number of amides is 1. The number of carbonyl (C=O) groups excluding carboxylic acids is 1. The Labute approximate surface area is 136 Å². The van der Waals surface area contributed by atoms with Gasteiger partial charge in [0.2, 0.25) is 0 Å². The van der Waals surface area contributed by atoms with Crippen LogP contribution in [0.15, 0.2) is 42.5 Å². The lowest BCUT2D eigenvalue weighted by molar-refractivity contribution is -0.682. The van der Waals surface area contributed by atoms with E-state index in [-0.39, 0.29) is 11.9 Å². The highest BCUT2D eigenvalue weighted by atomic mass is 35.5. The van der Waals surface area contributed by atoms with Gasteiger partial charge in [-0.05, 0) is 44.0 Å². The highest BCUT2D eigenvalue weighted by Gasteiger charge is 2.13. The van der Waals surface area contributed by atoms with Crippen LogP contribution in [-0.4, -0.2) is 12.5 Å². The summed E-state index contributed by atoms with van der Waals surface area (Å²) in [6.45, 7) is 6.47. The lowest BCUT2D eigenvalue weighted by atomic mass is 10.1. The Kier molecular flexibility index (Phi) is 5.58. The van der Waals surface area contributed by atoms with Crippen molar-refractivity contribution in [3.63, 3.8) is 0 Å². The van der Waals surface area contributed by atoms with Gasteiger partial charge in [0.05, 0.1) is 0 Å². The van der Waals surface area contributed by atoms with E-state index in [4.69, 9.17) is 11.6 Å². The fraction of sp³-hybridized carbons (Fsp3) is 0.278. The van der Waals surface area contributed by atoms with E-state index in [1.807, 2.05) is 61.6 Å². The van der Waals surface area contributed by atoms with Crippen molar-refractivity contribution in [3.05, 3.63) is 64.2 Å². The van der Waals surface area contributed by atoms with Crippen LogP contribution in [-0.2, 0) is 4.79 Å². The summed E-state index contributed by atoms with van der Waals surface area (Å²) in [6, 6.07) is 13.9. The molecule has 3 N–H and O–H groups in total. The zero-order valence-electron chi connectivity index (χ0n) is 13.2. The average molecular weight is 318 g/mol. The lowest BCUT2D eigenvalue weighted by Gasteiger charge is -2.13. The second kappa shape index (κ2) is 7.43. The van der Waals surface area contributed by atoms with Gasteiger partial charge in [-0.15, -0.1) is 0 Å². The first-order valence-electron chi connectivity index (χ1n) is 7.42. The van der Waals surface area contributed by atoms with Crippen molar-refractivity contribution in [2.75, 3.05) is 11.9 Å². The zero-order valence-corrected chi connectivity index (χ0v) is 13.9. The van der Waals surface area contributed by atoms with E-state index in [0.717, 1.165) is 27.4 Å². The van der Waals surface area contributed by atoms with Crippen LogP contribution in [0.1, 0.15) is 29.7 Å². The number of halogens is 1. The van der Waals surface area contributed by atoms with Gasteiger partial charge in [0.1, 0.15) is 6.04 Å². The number of para-hydroxylation sites is 1. The Morgan fingerprint density at radius 1 is 1.14 bits per heavy atom. The Morgan fingerprint density at radius 2 is 1.73 bits per heavy atom. The van der Waals surface area contributed by atoms with Gasteiger partial charge in [0, 0.05) is 16.3 Å². The fourth-order valence-electron chi connectivity index (χ4n) is 2.39. The minimum atomic E-state index is 0.0122. The van der Waals surface area contributed by atoms with Gasteiger partial charge < -0.3 is 10.6 Å². The summed E-state index contributed by atoms with van der Waals surface area (Å²) >= 11 is 5.89. The summed E-state index contributed by atoms with van der Waals surface area (Å²) in [6.07, 6.45) is 0. The van der Waals surface area contributed by atoms with Crippen molar-refractivity contribution in [1.82, 2.24) is 0 Å². The third kappa shape index (κ3) is 4.33. The largest absolute Gasteiger partial charge is 0.333 e. The standard InChI is InChI=1S/C18H21ClN2O/c1-12-5-4-6-13(2)18(12)21-17(22)11-20-14(3)15-7-9-16(19)10-8-15/h4-10,14,20H,11H2,1-3H3,(H,21,22)/p+1/t14-/m1/s1. The molecule has 0 aliphatic heterocycles. The Bertz CT molecular complexity index is 632. The predicted molar refractivity (Wildman–Crippen MR) is 91.2 cm³/mol. The second-order valence-electron chi connectivity index (χ2n) is 5.60. The van der Waals surface area contributed by atoms with Crippen molar-refractivity contribution in [2.45, 2.75) is 26.8 Å². The summed E-state index contributed by atoms with van der Waals surface area (Å²) in [4.78, 5) is 12.1. The number of benzene rings is 2. The number of hydrogen-bond donors (Lipinski definition) is 2. The molecule has 0 aliphatic carbocycles. The number of hydrogen-bond acceptors (Lipinski definition) is 1. The van der Waals surface area contributed by atoms with Gasteiger partial charge in [-0.25, -0.2) is 0 Å². The summed E-state index contributed by atoms with van der Waals surface area (Å²) in [5.41, 5.74) is 4.24. The Morgan fingerprint density at radius 3 is 2.32 bits per heavy atom. The first-order valence-corrected chi connectivity index (χ1v) is 7.80. The number of aryl methyl sites for hydroxylation is 2. The molecule has 0 saturated carbocycles. The summed E-state index contributed by atoms with van der Waals surface area (Å²) in [5.74, 6) is 0.0122. The smallest absolute Gasteiger partial charge is 0.279 e. The lowest BCUT2D eigenvalue weighted by Crippen LogP contribution is -2.86. The topological polar surface area (TPSA) is 45.7 Å². The Hall–Kier alpha value is -1.84. The molecular weight excluding hydrogens is 296 g/mol. The molecular formula is C18H22ClN2O+. The van der Waals surface area contributed by atoms with Crippen LogP contribution in [0, 0.1) is 13.8 Å². The van der Waals surface area contributed by atoms with Crippen molar-refractivity contribution in [3.8, 4) is 0 Å². The molecule has 2 aromatic rings. The number of carbonyl (C=O) groups is 1. The van der Waals surface area contributed by atoms with Crippen LogP contribution in [0.25, 0.3) is 0 Å². The molecule has 0 radical (unpaired) electrons. The van der Waals surface area contributed by atoms with Gasteiger partial charge in [0.25, 0.3) is 5.91 Å². The molecule has 2 aromatic carbocycles. The van der Waals surface area contributed by atoms with Crippen molar-refractivity contribution in [1.29, 1.82) is 0 Å². The predicted octanol–water partition coefficient (Wildman–Crippen LogP) is 3.22. The van der Waals surface area contributed by atoms with E-state index in [1.165, 1.54) is 0 Å². The number of quaternary nitrogens is 1. The van der Waals surface area contributed by atoms with E-state index in [1.54, 1.807) is 0 Å². The van der Waals surface area contributed by atoms with Crippen LogP contribution in [0.2, 0.25) is 5.02 Å². The molecule has 0 aromatic heterocycles. The van der Waals surface area contributed by atoms with Crippen molar-refractivity contribution < 1.29 is 10.1 Å². The van der Waals surface area contributed by atoms with Crippen molar-refractivity contribution in [2.24, 2.45) is 0 Å². The van der Waals surface area contributed by atoms with Crippen LogP contribution < -0.4 is 10.6 Å². The molecule has 116 valence electrons. The highest BCUT2D eigenvalue weighted by molar-refractivity contribution is 6.30. The van der Waals surface area contributed by atoms with Crippen molar-refractivity contribution >= 4 is 23.2 Å². The summed E-state index contributed by atoms with van der Waals surface area (Å²) in [5, 5.41) is 5.75. The van der Waals surface area contributed by atoms with E-state index in [9.17, 15) is 4.79 Å². The normalized spacial score (nSPS) is 12.0. The third-order valence-electron chi connectivity index (χ3n) is 3.80. The monoisotopic (exact) mass is 317 g/mol. The van der Waals surface area contributed by atoms with Gasteiger partial charge in [-0.1, -0.05) is 41.9 Å². The molecule has 0 spiro atoms. The third-order valence-corrected chi connectivity index (χ3v) is 4.05. The molecule has 1 atom stereocenters. The SMILES string of the molecule is Cc1cccc(C)c1NC(=O)C[NH2+][C@H](C)c1ccc(Cl)cc1. The maximum absolute atomic E-state index is 12.1. The van der Waals surface area contributed by atoms with Gasteiger partial charge in [-0.3, -0.25) is 4.79 Å². The van der Waals surface area contributed by atoms with Crippen LogP contribution in [0.3, 0.4) is 0 Å². The van der Waals surface area contributed by atoms with Crippen LogP contribution >= 0.6 is 11.6 Å². The number of nitrogens with two attached hydrogens (primary N) is 1. The molecule has 3 nitrogen and oxygen atoms in total. The summed E-state index contributed by atoms with van der Waals surface area (Å²) < 4.78 is 0.